The first kappa shape index (κ1) is 23.3. The zero-order valence-electron chi connectivity index (χ0n) is 17.2. The number of ether oxygens (including phenoxy) is 1. The van der Waals surface area contributed by atoms with Crippen molar-refractivity contribution < 1.29 is 18.3 Å². The van der Waals surface area contributed by atoms with Crippen LogP contribution >= 0.6 is 11.8 Å². The monoisotopic (exact) mass is 458 g/mol. The summed E-state index contributed by atoms with van der Waals surface area (Å²) in [6.07, 6.45) is 1.48. The number of nitrogens with zero attached hydrogens (tertiary/aromatic N) is 2. The molecule has 166 valence electrons. The Bertz CT molecular complexity index is 1090. The van der Waals surface area contributed by atoms with Crippen molar-refractivity contribution in [3.8, 4) is 11.1 Å². The maximum absolute atomic E-state index is 15.0. The number of carbonyl (C=O) groups excluding carboxylic acids is 1. The molecule has 0 aliphatic heterocycles. The van der Waals surface area contributed by atoms with Gasteiger partial charge in [-0.3, -0.25) is 15.2 Å². The molecule has 0 saturated heterocycles. The predicted octanol–water partition coefficient (Wildman–Crippen LogP) is 4.57. The minimum atomic E-state index is -1.56. The van der Waals surface area contributed by atoms with E-state index in [4.69, 9.17) is 27.7 Å². The zero-order valence-corrected chi connectivity index (χ0v) is 17.9. The molecule has 0 radical (unpaired) electrons. The van der Waals surface area contributed by atoms with Crippen molar-refractivity contribution in [2.45, 2.75) is 19.6 Å². The zero-order chi connectivity index (χ0) is 23.3. The molecule has 6 nitrogen and oxygen atoms in total. The van der Waals surface area contributed by atoms with Crippen LogP contribution in [0.1, 0.15) is 29.7 Å². The first-order chi connectivity index (χ1) is 15.3. The molecular formula is C23H21ClF2N4O2. The van der Waals surface area contributed by atoms with Crippen molar-refractivity contribution in [3.63, 3.8) is 0 Å². The van der Waals surface area contributed by atoms with E-state index >= 15 is 0 Å². The summed E-state index contributed by atoms with van der Waals surface area (Å²) < 4.78 is 36.1. The first-order valence-electron chi connectivity index (χ1n) is 9.73. The fourth-order valence-electron chi connectivity index (χ4n) is 3.13. The molecule has 2 aromatic carbocycles. The molecule has 0 spiro atoms. The highest BCUT2D eigenvalue weighted by Gasteiger charge is 2.31. The number of amides is 1. The molecule has 0 aliphatic rings. The Morgan fingerprint density at radius 2 is 1.84 bits per heavy atom. The quantitative estimate of drug-likeness (QED) is 0.294. The Morgan fingerprint density at radius 1 is 1.19 bits per heavy atom. The lowest BCUT2D eigenvalue weighted by Gasteiger charge is -2.23. The number of pyridine rings is 1. The number of carbonyl (C=O) groups is 1. The number of nitrogens with one attached hydrogen (secondary N) is 1. The molecule has 3 rings (SSSR count). The predicted molar refractivity (Wildman–Crippen MR) is 118 cm³/mol. The summed E-state index contributed by atoms with van der Waals surface area (Å²) in [4.78, 5) is 16.9. The number of amidine groups is 1. The Morgan fingerprint density at radius 3 is 2.38 bits per heavy atom. The van der Waals surface area contributed by atoms with Gasteiger partial charge < -0.3 is 10.5 Å². The van der Waals surface area contributed by atoms with Gasteiger partial charge in [-0.1, -0.05) is 30.3 Å². The third-order valence-corrected chi connectivity index (χ3v) is 5.01. The summed E-state index contributed by atoms with van der Waals surface area (Å²) in [6, 6.07) is 12.1. The highest BCUT2D eigenvalue weighted by molar-refractivity contribution is 6.21. The van der Waals surface area contributed by atoms with Gasteiger partial charge in [0.1, 0.15) is 17.5 Å². The molecule has 1 atom stereocenters. The largest absolute Gasteiger partial charge is 0.384 e. The van der Waals surface area contributed by atoms with Crippen molar-refractivity contribution in [3.05, 3.63) is 89.2 Å². The maximum atomic E-state index is 15.0. The second-order valence-corrected chi connectivity index (χ2v) is 7.31. The lowest BCUT2D eigenvalue weighted by molar-refractivity contribution is -0.139. The average Bonchev–Trinajstić information content (AvgIpc) is 2.78. The van der Waals surface area contributed by atoms with Gasteiger partial charge in [0.25, 0.3) is 5.91 Å². The molecule has 3 N–H and O–H groups in total. The fraction of sp³-hybridized carbons (Fsp3) is 0.174. The summed E-state index contributed by atoms with van der Waals surface area (Å²) in [5, 5.41) is 7.42. The molecule has 1 heterocycles. The van der Waals surface area contributed by atoms with Crippen LogP contribution in [-0.2, 0) is 16.1 Å². The summed E-state index contributed by atoms with van der Waals surface area (Å²) in [6.45, 7) is 1.61. The van der Waals surface area contributed by atoms with Gasteiger partial charge in [-0.25, -0.2) is 13.2 Å². The molecule has 32 heavy (non-hydrogen) atoms. The minimum Gasteiger partial charge on any atom is -0.384 e. The van der Waals surface area contributed by atoms with Crippen LogP contribution in [0.25, 0.3) is 11.1 Å². The van der Waals surface area contributed by atoms with E-state index in [1.165, 1.54) is 6.20 Å². The lowest BCUT2D eigenvalue weighted by Crippen LogP contribution is -2.30. The van der Waals surface area contributed by atoms with Crippen LogP contribution in [0.2, 0.25) is 0 Å². The maximum Gasteiger partial charge on any atom is 0.271 e. The van der Waals surface area contributed by atoms with Gasteiger partial charge >= 0.3 is 0 Å². The SMILES string of the molecule is CCOC(C(=O)N(Cl)Cc1ccc(C(=N)N)cc1)c1c(F)cc(-c2cccnc2)cc1F. The molecule has 0 bridgehead atoms. The number of nitrogen functional groups attached to an aromatic ring is 1. The van der Waals surface area contributed by atoms with E-state index in [-0.39, 0.29) is 24.6 Å². The van der Waals surface area contributed by atoms with E-state index in [2.05, 4.69) is 4.98 Å². The van der Waals surface area contributed by atoms with Crippen LogP contribution in [0.3, 0.4) is 0 Å². The number of rotatable bonds is 8. The second kappa shape index (κ2) is 10.3. The van der Waals surface area contributed by atoms with Gasteiger partial charge in [0.05, 0.1) is 12.1 Å². The van der Waals surface area contributed by atoms with Crippen LogP contribution in [-0.4, -0.2) is 27.8 Å². The Hall–Kier alpha value is -3.36. The van der Waals surface area contributed by atoms with E-state index in [0.717, 1.165) is 16.6 Å². The number of hydrogen-bond donors (Lipinski definition) is 2. The third-order valence-electron chi connectivity index (χ3n) is 4.72. The van der Waals surface area contributed by atoms with E-state index < -0.39 is 29.2 Å². The minimum absolute atomic E-state index is 0.0394. The van der Waals surface area contributed by atoms with Crippen molar-refractivity contribution in [1.82, 2.24) is 9.40 Å². The van der Waals surface area contributed by atoms with Gasteiger partial charge in [0.15, 0.2) is 6.10 Å². The number of halogens is 3. The van der Waals surface area contributed by atoms with Gasteiger partial charge in [-0.05, 0) is 36.2 Å². The Kier molecular flexibility index (Phi) is 7.50. The van der Waals surface area contributed by atoms with Gasteiger partial charge in [0.2, 0.25) is 0 Å². The van der Waals surface area contributed by atoms with Crippen molar-refractivity contribution in [2.75, 3.05) is 6.61 Å². The van der Waals surface area contributed by atoms with Crippen LogP contribution < -0.4 is 5.73 Å². The van der Waals surface area contributed by atoms with Crippen molar-refractivity contribution >= 4 is 23.5 Å². The molecule has 9 heteroatoms. The first-order valence-corrected chi connectivity index (χ1v) is 10.1. The van der Waals surface area contributed by atoms with Crippen molar-refractivity contribution in [2.24, 2.45) is 5.73 Å². The van der Waals surface area contributed by atoms with Gasteiger partial charge in [-0.15, -0.1) is 0 Å². The third kappa shape index (κ3) is 5.27. The van der Waals surface area contributed by atoms with E-state index in [9.17, 15) is 13.6 Å². The highest BCUT2D eigenvalue weighted by Crippen LogP contribution is 2.31. The number of nitrogens with two attached hydrogens (primary N) is 1. The molecule has 3 aromatic rings. The van der Waals surface area contributed by atoms with Crippen LogP contribution in [0.5, 0.6) is 0 Å². The topological polar surface area (TPSA) is 92.3 Å². The second-order valence-electron chi connectivity index (χ2n) is 6.90. The molecule has 1 aromatic heterocycles. The highest BCUT2D eigenvalue weighted by atomic mass is 35.5. The molecule has 0 saturated carbocycles. The summed E-state index contributed by atoms with van der Waals surface area (Å²) in [7, 11) is 0. The van der Waals surface area contributed by atoms with Crippen LogP contribution in [0.15, 0.2) is 60.9 Å². The molecular weight excluding hydrogens is 438 g/mol. The van der Waals surface area contributed by atoms with Gasteiger partial charge in [0, 0.05) is 41.9 Å². The van der Waals surface area contributed by atoms with Crippen LogP contribution in [0.4, 0.5) is 8.78 Å². The smallest absolute Gasteiger partial charge is 0.271 e. The summed E-state index contributed by atoms with van der Waals surface area (Å²) >= 11 is 6.16. The Balaban J connectivity index is 1.86. The molecule has 1 unspecified atom stereocenters. The fourth-order valence-corrected chi connectivity index (χ4v) is 3.36. The Labute approximate surface area is 189 Å². The molecule has 1 amide bonds. The number of aromatic nitrogens is 1. The normalized spacial score (nSPS) is 11.8. The standard InChI is InChI=1S/C23H21ClF2N4O2/c1-2-32-21(23(31)30(24)13-14-5-7-15(8-6-14)22(27)28)20-18(25)10-17(11-19(20)26)16-4-3-9-29-12-16/h3-12,21H,2,13H2,1H3,(H3,27,28). The van der Waals surface area contributed by atoms with Crippen molar-refractivity contribution in [1.29, 1.82) is 5.41 Å². The average molecular weight is 459 g/mol. The van der Waals surface area contributed by atoms with Gasteiger partial charge in [-0.2, -0.15) is 0 Å². The number of benzene rings is 2. The summed E-state index contributed by atoms with van der Waals surface area (Å²) in [5.74, 6) is -2.75. The van der Waals surface area contributed by atoms with Crippen LogP contribution in [0, 0.1) is 17.0 Å². The number of hydrogen-bond acceptors (Lipinski definition) is 4. The summed E-state index contributed by atoms with van der Waals surface area (Å²) in [5.41, 5.74) is 6.89. The lowest BCUT2D eigenvalue weighted by atomic mass is 10.0. The molecule has 0 fully saturated rings. The van der Waals surface area contributed by atoms with E-state index in [1.807, 2.05) is 0 Å². The van der Waals surface area contributed by atoms with E-state index in [1.54, 1.807) is 49.5 Å². The molecule has 0 aliphatic carbocycles. The van der Waals surface area contributed by atoms with E-state index in [0.29, 0.717) is 16.7 Å².